The Morgan fingerprint density at radius 2 is 0.750 bits per heavy atom. The fourth-order valence-corrected chi connectivity index (χ4v) is 11.1. The molecule has 10 aromatic carbocycles. The Hall–Kier alpha value is -9.06. The normalized spacial score (nSPS) is 12.9. The first-order chi connectivity index (χ1) is 33.7. The van der Waals surface area contributed by atoms with E-state index in [1.54, 1.807) is 0 Å². The van der Waals surface area contributed by atoms with Crippen LogP contribution < -0.4 is 4.74 Å². The minimum absolute atomic E-state index is 0.553. The summed E-state index contributed by atoms with van der Waals surface area (Å²) in [5.74, 6) is 3.50. The molecule has 2 aliphatic rings. The summed E-state index contributed by atoms with van der Waals surface area (Å²) in [5.41, 5.74) is 19.3. The van der Waals surface area contributed by atoms with E-state index in [0.29, 0.717) is 0 Å². The highest BCUT2D eigenvalue weighted by Crippen LogP contribution is 2.62. The summed E-state index contributed by atoms with van der Waals surface area (Å²) in [5, 5.41) is 0. The highest BCUT2D eigenvalue weighted by atomic mass is 16.5. The van der Waals surface area contributed by atoms with Gasteiger partial charge in [-0.15, -0.1) is 0 Å². The van der Waals surface area contributed by atoms with Crippen molar-refractivity contribution in [1.29, 1.82) is 0 Å². The van der Waals surface area contributed by atoms with Crippen molar-refractivity contribution in [3.63, 3.8) is 0 Å². The molecule has 1 aliphatic carbocycles. The maximum absolute atomic E-state index is 6.64. The number of para-hydroxylation sites is 8. The van der Waals surface area contributed by atoms with E-state index in [2.05, 4.69) is 252 Å². The molecule has 0 saturated heterocycles. The Morgan fingerprint density at radius 3 is 1.35 bits per heavy atom. The lowest BCUT2D eigenvalue weighted by Crippen LogP contribution is -2.32. The van der Waals surface area contributed by atoms with Crippen molar-refractivity contribution in [1.82, 2.24) is 19.1 Å². The van der Waals surface area contributed by atoms with Gasteiger partial charge in [-0.2, -0.15) is 0 Å². The summed E-state index contributed by atoms with van der Waals surface area (Å²) in [6, 6.07) is 86.7. The Bertz CT molecular complexity index is 3780. The molecule has 5 nitrogen and oxygen atoms in total. The second-order valence-electron chi connectivity index (χ2n) is 17.7. The monoisotopic (exact) mass is 868 g/mol. The highest BCUT2D eigenvalue weighted by Gasteiger charge is 2.51. The van der Waals surface area contributed by atoms with Gasteiger partial charge in [0.25, 0.3) is 0 Å². The molecule has 0 fully saturated rings. The molecule has 3 heterocycles. The van der Waals surface area contributed by atoms with Crippen LogP contribution in [0.3, 0.4) is 0 Å². The molecule has 1 spiro atoms. The molecule has 0 N–H and O–H groups in total. The van der Waals surface area contributed by atoms with Gasteiger partial charge in [0.1, 0.15) is 23.1 Å². The van der Waals surface area contributed by atoms with E-state index in [1.165, 1.54) is 22.3 Å². The molecule has 0 unspecified atom stereocenters. The molecule has 5 heteroatoms. The number of nitrogens with zero attached hydrogens (tertiary/aromatic N) is 4. The Morgan fingerprint density at radius 1 is 0.309 bits per heavy atom. The van der Waals surface area contributed by atoms with Crippen LogP contribution in [0.2, 0.25) is 0 Å². The van der Waals surface area contributed by atoms with Crippen molar-refractivity contribution in [3.05, 3.63) is 265 Å². The fraction of sp³-hybridized carbons (Fsp3) is 0.0159. The zero-order chi connectivity index (χ0) is 44.8. The lowest BCUT2D eigenvalue weighted by molar-refractivity contribution is 0.436. The van der Waals surface area contributed by atoms with Crippen LogP contribution in [-0.4, -0.2) is 19.1 Å². The van der Waals surface area contributed by atoms with Crippen LogP contribution in [0.1, 0.15) is 22.3 Å². The van der Waals surface area contributed by atoms with Gasteiger partial charge in [-0.05, 0) is 136 Å². The van der Waals surface area contributed by atoms with Crippen molar-refractivity contribution >= 4 is 22.1 Å². The summed E-state index contributed by atoms with van der Waals surface area (Å²) in [6.45, 7) is 0. The van der Waals surface area contributed by atoms with Gasteiger partial charge in [0.15, 0.2) is 0 Å². The fourth-order valence-electron chi connectivity index (χ4n) is 11.1. The second kappa shape index (κ2) is 15.0. The molecule has 68 heavy (non-hydrogen) atoms. The molecule has 0 saturated carbocycles. The number of hydrogen-bond acceptors (Lipinski definition) is 3. The molecule has 318 valence electrons. The topological polar surface area (TPSA) is 44.9 Å². The van der Waals surface area contributed by atoms with Gasteiger partial charge in [0.05, 0.1) is 27.5 Å². The van der Waals surface area contributed by atoms with Crippen LogP contribution in [0.5, 0.6) is 11.5 Å². The number of hydrogen-bond donors (Lipinski definition) is 0. The largest absolute Gasteiger partial charge is 0.457 e. The van der Waals surface area contributed by atoms with Crippen molar-refractivity contribution in [2.75, 3.05) is 0 Å². The van der Waals surface area contributed by atoms with Gasteiger partial charge in [-0.25, -0.2) is 9.97 Å². The predicted molar refractivity (Wildman–Crippen MR) is 275 cm³/mol. The molecule has 0 radical (unpaired) electrons. The minimum Gasteiger partial charge on any atom is -0.457 e. The number of rotatable bonds is 6. The van der Waals surface area contributed by atoms with Crippen LogP contribution in [0.25, 0.3) is 89.6 Å². The molecule has 2 aromatic heterocycles. The van der Waals surface area contributed by atoms with Gasteiger partial charge in [-0.1, -0.05) is 152 Å². The highest BCUT2D eigenvalue weighted by molar-refractivity contribution is 5.92. The van der Waals surface area contributed by atoms with E-state index in [4.69, 9.17) is 14.7 Å². The van der Waals surface area contributed by atoms with Crippen molar-refractivity contribution in [2.24, 2.45) is 0 Å². The number of ether oxygens (including phenoxy) is 1. The first-order valence-corrected chi connectivity index (χ1v) is 23.1. The van der Waals surface area contributed by atoms with Gasteiger partial charge in [0, 0.05) is 33.6 Å². The van der Waals surface area contributed by atoms with Crippen LogP contribution in [0.15, 0.2) is 243 Å². The quantitative estimate of drug-likeness (QED) is 0.167. The van der Waals surface area contributed by atoms with Crippen LogP contribution in [0, 0.1) is 0 Å². The molecule has 0 bridgehead atoms. The van der Waals surface area contributed by atoms with Crippen molar-refractivity contribution in [3.8, 4) is 79.0 Å². The summed E-state index contributed by atoms with van der Waals surface area (Å²) >= 11 is 0. The minimum atomic E-state index is -0.553. The van der Waals surface area contributed by atoms with Crippen molar-refractivity contribution < 1.29 is 4.74 Å². The van der Waals surface area contributed by atoms with E-state index < -0.39 is 5.41 Å². The zero-order valence-electron chi connectivity index (χ0n) is 36.8. The third kappa shape index (κ3) is 5.69. The second-order valence-corrected chi connectivity index (χ2v) is 17.7. The third-order valence-electron chi connectivity index (χ3n) is 14.0. The molecule has 0 atom stereocenters. The molecule has 14 rings (SSSR count). The van der Waals surface area contributed by atoms with Gasteiger partial charge in [-0.3, -0.25) is 9.13 Å². The van der Waals surface area contributed by atoms with Gasteiger partial charge >= 0.3 is 0 Å². The van der Waals surface area contributed by atoms with Crippen LogP contribution in [0.4, 0.5) is 0 Å². The van der Waals surface area contributed by atoms with Crippen molar-refractivity contribution in [2.45, 2.75) is 5.41 Å². The Balaban J connectivity index is 0.986. The van der Waals surface area contributed by atoms with Crippen LogP contribution >= 0.6 is 0 Å². The number of aromatic nitrogens is 4. The smallest absolute Gasteiger partial charge is 0.145 e. The number of benzene rings is 10. The van der Waals surface area contributed by atoms with E-state index in [0.717, 1.165) is 101 Å². The first kappa shape index (κ1) is 38.2. The summed E-state index contributed by atoms with van der Waals surface area (Å²) in [6.07, 6.45) is 0. The van der Waals surface area contributed by atoms with Crippen LogP contribution in [-0.2, 0) is 5.41 Å². The standard InChI is InChI=1S/C63H40N4O/c1-3-20-47(21-4-1)66-57-30-13-11-28-55(57)64-61(66)45-37-44(38-46(39-45)62-65-56-29-12-14-31-58(56)67(62)48-22-5-2-6-23-48)42-19-17-18-41(36-42)43-34-35-50-49-24-7-8-25-51(49)63(54(50)40-43)52-26-9-15-32-59(52)68-60-33-16-10-27-53(60)63/h1-40H. The maximum atomic E-state index is 6.64. The molecule has 1 aliphatic heterocycles. The number of fused-ring (bicyclic) bond motifs is 11. The first-order valence-electron chi connectivity index (χ1n) is 23.1. The Labute approximate surface area is 393 Å². The van der Waals surface area contributed by atoms with E-state index in [-0.39, 0.29) is 0 Å². The van der Waals surface area contributed by atoms with E-state index in [1.807, 2.05) is 0 Å². The number of imidazole rings is 2. The summed E-state index contributed by atoms with van der Waals surface area (Å²) in [4.78, 5) is 10.7. The van der Waals surface area contributed by atoms with E-state index in [9.17, 15) is 0 Å². The lowest BCUT2D eigenvalue weighted by atomic mass is 9.66. The summed E-state index contributed by atoms with van der Waals surface area (Å²) < 4.78 is 11.2. The SMILES string of the molecule is c1ccc(-n2c(-c3cc(-c4cccc(-c5ccc6c(c5)C5(c7ccccc7Oc7ccccc75)c5ccccc5-6)c4)cc(-c4nc5ccccc5n4-c4ccccc4)c3)nc3ccccc32)cc1. The van der Waals surface area contributed by atoms with Gasteiger partial charge in [0.2, 0.25) is 0 Å². The summed E-state index contributed by atoms with van der Waals surface area (Å²) in [7, 11) is 0. The third-order valence-corrected chi connectivity index (χ3v) is 14.0. The molecular weight excluding hydrogens is 829 g/mol. The molecule has 0 amide bonds. The van der Waals surface area contributed by atoms with Gasteiger partial charge < -0.3 is 4.74 Å². The zero-order valence-corrected chi connectivity index (χ0v) is 36.8. The molecular formula is C63H40N4O. The average molecular weight is 869 g/mol. The lowest BCUT2D eigenvalue weighted by Gasteiger charge is -2.39. The Kier molecular flexibility index (Phi) is 8.43. The predicted octanol–water partition coefficient (Wildman–Crippen LogP) is 15.5. The molecule has 12 aromatic rings. The average Bonchev–Trinajstić information content (AvgIpc) is 4.09. The van der Waals surface area contributed by atoms with E-state index >= 15 is 0 Å². The maximum Gasteiger partial charge on any atom is 0.145 e.